The molecule has 0 aliphatic carbocycles. The van der Waals surface area contributed by atoms with Crippen LogP contribution >= 0.6 is 11.6 Å². The molecule has 2 heterocycles. The summed E-state index contributed by atoms with van der Waals surface area (Å²) in [7, 11) is 5.05. The molecule has 1 aromatic heterocycles. The first-order valence-corrected chi connectivity index (χ1v) is 10.7. The predicted molar refractivity (Wildman–Crippen MR) is 127 cm³/mol. The Bertz CT molecular complexity index is 1210. The van der Waals surface area contributed by atoms with Gasteiger partial charge in [0.15, 0.2) is 0 Å². The molecule has 0 saturated carbocycles. The molecule has 33 heavy (non-hydrogen) atoms. The maximum Gasteiger partial charge on any atom is 0.244 e. The number of methoxy groups -OCH3 is 2. The van der Waals surface area contributed by atoms with Crippen LogP contribution in [0.15, 0.2) is 66.5 Å². The molecular formula is C25H24ClN3O4. The molecular weight excluding hydrogens is 442 g/mol. The predicted octanol–water partition coefficient (Wildman–Crippen LogP) is 4.33. The summed E-state index contributed by atoms with van der Waals surface area (Å²) in [6, 6.07) is 10.4. The van der Waals surface area contributed by atoms with Gasteiger partial charge in [0.05, 0.1) is 14.2 Å². The molecule has 1 aliphatic rings. The molecule has 0 fully saturated rings. The number of hydrogen-bond donors (Lipinski definition) is 1. The molecule has 0 spiro atoms. The third-order valence-corrected chi connectivity index (χ3v) is 5.50. The van der Waals surface area contributed by atoms with Gasteiger partial charge in [0.2, 0.25) is 5.91 Å². The highest BCUT2D eigenvalue weighted by Gasteiger charge is 2.22. The van der Waals surface area contributed by atoms with Gasteiger partial charge in [-0.1, -0.05) is 17.7 Å². The largest absolute Gasteiger partial charge is 0.497 e. The first-order chi connectivity index (χ1) is 16.0. The van der Waals surface area contributed by atoms with Crippen LogP contribution < -0.4 is 19.5 Å². The second-order valence-electron chi connectivity index (χ2n) is 7.51. The molecule has 8 heteroatoms. The molecule has 0 saturated heterocycles. The topological polar surface area (TPSA) is 74.6 Å². The number of benzene rings is 2. The molecule has 3 aromatic rings. The van der Waals surface area contributed by atoms with E-state index in [0.717, 1.165) is 22.4 Å². The average Bonchev–Trinajstić information content (AvgIpc) is 3.25. The lowest BCUT2D eigenvalue weighted by Crippen LogP contribution is -2.30. The Morgan fingerprint density at radius 2 is 1.97 bits per heavy atom. The monoisotopic (exact) mass is 465 g/mol. The van der Waals surface area contributed by atoms with E-state index in [0.29, 0.717) is 29.0 Å². The van der Waals surface area contributed by atoms with Crippen molar-refractivity contribution >= 4 is 23.6 Å². The van der Waals surface area contributed by atoms with Gasteiger partial charge in [0.1, 0.15) is 35.7 Å². The number of carbonyl (C=O) groups is 1. The van der Waals surface area contributed by atoms with Crippen LogP contribution in [0.25, 0.3) is 6.08 Å². The Kier molecular flexibility index (Phi) is 6.70. The Labute approximate surface area is 197 Å². The number of ether oxygens (including phenoxy) is 3. The number of hydrogen-bond acceptors (Lipinski definition) is 5. The number of carbonyl (C=O) groups excluding carboxylic acids is 1. The van der Waals surface area contributed by atoms with Crippen molar-refractivity contribution in [3.05, 3.63) is 88.5 Å². The van der Waals surface area contributed by atoms with E-state index in [-0.39, 0.29) is 5.91 Å². The highest BCUT2D eigenvalue weighted by molar-refractivity contribution is 6.30. The number of nitrogens with zero attached hydrogens (tertiary/aromatic N) is 2. The van der Waals surface area contributed by atoms with Crippen LogP contribution in [0.5, 0.6) is 17.2 Å². The summed E-state index contributed by atoms with van der Waals surface area (Å²) in [5.74, 6) is 2.41. The fourth-order valence-electron chi connectivity index (χ4n) is 3.58. The van der Waals surface area contributed by atoms with Gasteiger partial charge >= 0.3 is 0 Å². The minimum atomic E-state index is -0.512. The fourth-order valence-corrected chi connectivity index (χ4v) is 3.76. The SMILES string of the molecule is COc1cc(OC)cc(C(NC(=O)/C=C/C2=Cc3cc(Cl)ccc3OC2)c2nccn2C)c1. The normalized spacial score (nSPS) is 13.6. The van der Waals surface area contributed by atoms with Crippen LogP contribution in [0.4, 0.5) is 0 Å². The van der Waals surface area contributed by atoms with Gasteiger partial charge in [0, 0.05) is 42.2 Å². The Morgan fingerprint density at radius 3 is 2.64 bits per heavy atom. The van der Waals surface area contributed by atoms with Crippen LogP contribution in [0.2, 0.25) is 5.02 Å². The van der Waals surface area contributed by atoms with E-state index in [1.165, 1.54) is 6.08 Å². The van der Waals surface area contributed by atoms with Crippen molar-refractivity contribution in [1.82, 2.24) is 14.9 Å². The number of halogens is 1. The van der Waals surface area contributed by atoms with Gasteiger partial charge in [-0.25, -0.2) is 4.98 Å². The molecule has 1 atom stereocenters. The first-order valence-electron chi connectivity index (χ1n) is 10.3. The van der Waals surface area contributed by atoms with E-state index in [1.807, 2.05) is 48.2 Å². The smallest absolute Gasteiger partial charge is 0.244 e. The van der Waals surface area contributed by atoms with Crippen molar-refractivity contribution in [3.8, 4) is 17.2 Å². The highest BCUT2D eigenvalue weighted by Crippen LogP contribution is 2.30. The Balaban J connectivity index is 1.59. The molecule has 1 amide bonds. The maximum absolute atomic E-state index is 12.9. The van der Waals surface area contributed by atoms with E-state index >= 15 is 0 Å². The van der Waals surface area contributed by atoms with Gasteiger partial charge in [-0.2, -0.15) is 0 Å². The molecule has 2 aromatic carbocycles. The lowest BCUT2D eigenvalue weighted by molar-refractivity contribution is -0.117. The van der Waals surface area contributed by atoms with E-state index in [1.54, 1.807) is 38.6 Å². The van der Waals surface area contributed by atoms with Crippen LogP contribution in [-0.4, -0.2) is 36.3 Å². The standard InChI is InChI=1S/C25H24ClN3O4/c1-29-9-8-27-25(29)24(18-12-20(31-2)14-21(13-18)32-3)28-23(30)7-4-16-10-17-11-19(26)5-6-22(17)33-15-16/h4-14,24H,15H2,1-3H3,(H,28,30)/b7-4+. The quantitative estimate of drug-likeness (QED) is 0.526. The number of aryl methyl sites for hydroxylation is 1. The second-order valence-corrected chi connectivity index (χ2v) is 7.94. The van der Waals surface area contributed by atoms with Crippen LogP contribution in [0.1, 0.15) is 23.0 Å². The molecule has 7 nitrogen and oxygen atoms in total. The minimum Gasteiger partial charge on any atom is -0.497 e. The van der Waals surface area contributed by atoms with Crippen LogP contribution in [0.3, 0.4) is 0 Å². The van der Waals surface area contributed by atoms with E-state index in [4.69, 9.17) is 25.8 Å². The Hall–Kier alpha value is -3.71. The fraction of sp³-hybridized carbons (Fsp3) is 0.200. The zero-order chi connectivity index (χ0) is 23.4. The molecule has 1 aliphatic heterocycles. The van der Waals surface area contributed by atoms with Gasteiger partial charge in [-0.05, 0) is 47.5 Å². The van der Waals surface area contributed by atoms with Crippen LogP contribution in [0, 0.1) is 0 Å². The Morgan fingerprint density at radius 1 is 1.21 bits per heavy atom. The lowest BCUT2D eigenvalue weighted by Gasteiger charge is -2.20. The summed E-state index contributed by atoms with van der Waals surface area (Å²) >= 11 is 6.08. The molecule has 4 rings (SSSR count). The van der Waals surface area contributed by atoms with E-state index < -0.39 is 6.04 Å². The summed E-state index contributed by atoms with van der Waals surface area (Å²) in [4.78, 5) is 17.3. The van der Waals surface area contributed by atoms with Gasteiger partial charge in [-0.15, -0.1) is 0 Å². The van der Waals surface area contributed by atoms with Crippen molar-refractivity contribution in [2.45, 2.75) is 6.04 Å². The van der Waals surface area contributed by atoms with Crippen molar-refractivity contribution in [2.75, 3.05) is 20.8 Å². The summed E-state index contributed by atoms with van der Waals surface area (Å²) < 4.78 is 18.4. The number of aromatic nitrogens is 2. The van der Waals surface area contributed by atoms with Crippen molar-refractivity contribution < 1.29 is 19.0 Å². The lowest BCUT2D eigenvalue weighted by atomic mass is 10.0. The second kappa shape index (κ2) is 9.83. The number of rotatable bonds is 7. The molecule has 0 radical (unpaired) electrons. The molecule has 1 unspecified atom stereocenters. The number of nitrogens with one attached hydrogen (secondary N) is 1. The summed E-state index contributed by atoms with van der Waals surface area (Å²) in [5, 5.41) is 3.67. The number of imidazole rings is 1. The van der Waals surface area contributed by atoms with Gasteiger partial charge in [-0.3, -0.25) is 4.79 Å². The summed E-state index contributed by atoms with van der Waals surface area (Å²) in [5.41, 5.74) is 2.52. The number of amides is 1. The maximum atomic E-state index is 12.9. The number of fused-ring (bicyclic) bond motifs is 1. The zero-order valence-corrected chi connectivity index (χ0v) is 19.3. The van der Waals surface area contributed by atoms with Crippen molar-refractivity contribution in [3.63, 3.8) is 0 Å². The summed E-state index contributed by atoms with van der Waals surface area (Å²) in [6.07, 6.45) is 8.69. The molecule has 170 valence electrons. The minimum absolute atomic E-state index is 0.275. The molecule has 1 N–H and O–H groups in total. The van der Waals surface area contributed by atoms with Gasteiger partial charge < -0.3 is 24.1 Å². The highest BCUT2D eigenvalue weighted by atomic mass is 35.5. The van der Waals surface area contributed by atoms with Crippen LogP contribution in [-0.2, 0) is 11.8 Å². The van der Waals surface area contributed by atoms with Crippen molar-refractivity contribution in [2.24, 2.45) is 7.05 Å². The van der Waals surface area contributed by atoms with Crippen molar-refractivity contribution in [1.29, 1.82) is 0 Å². The van der Waals surface area contributed by atoms with Gasteiger partial charge in [0.25, 0.3) is 0 Å². The van der Waals surface area contributed by atoms with E-state index in [2.05, 4.69) is 10.3 Å². The zero-order valence-electron chi connectivity index (χ0n) is 18.5. The third-order valence-electron chi connectivity index (χ3n) is 5.27. The van der Waals surface area contributed by atoms with E-state index in [9.17, 15) is 4.79 Å². The average molecular weight is 466 g/mol. The molecule has 0 bridgehead atoms. The third kappa shape index (κ3) is 5.21. The summed E-state index contributed by atoms with van der Waals surface area (Å²) in [6.45, 7) is 0.369. The first kappa shape index (κ1) is 22.5.